The van der Waals surface area contributed by atoms with Crippen molar-refractivity contribution in [1.82, 2.24) is 0 Å². The lowest BCUT2D eigenvalue weighted by Crippen LogP contribution is -2.15. The van der Waals surface area contributed by atoms with Gasteiger partial charge >= 0.3 is 5.97 Å². The number of carbonyl (C=O) groups excluding carboxylic acids is 1. The fourth-order valence-corrected chi connectivity index (χ4v) is 1.90. The fraction of sp³-hybridized carbons (Fsp3) is 0.786. The van der Waals surface area contributed by atoms with E-state index in [1.54, 1.807) is 0 Å². The molecule has 0 N–H and O–H groups in total. The Morgan fingerprint density at radius 1 is 1.28 bits per heavy atom. The molecule has 2 atom stereocenters. The maximum absolute atomic E-state index is 11.3. The molecule has 0 saturated carbocycles. The van der Waals surface area contributed by atoms with Gasteiger partial charge in [-0.1, -0.05) is 27.7 Å². The highest BCUT2D eigenvalue weighted by Gasteiger charge is 2.33. The smallest absolute Gasteiger partial charge is 0.333 e. The van der Waals surface area contributed by atoms with E-state index in [0.717, 1.165) is 12.8 Å². The summed E-state index contributed by atoms with van der Waals surface area (Å²) in [6, 6.07) is 0. The number of carbonyl (C=O) groups is 1. The van der Waals surface area contributed by atoms with Crippen molar-refractivity contribution in [2.45, 2.75) is 52.9 Å². The van der Waals surface area contributed by atoms with Crippen LogP contribution in [-0.2, 0) is 19.0 Å². The molecule has 0 aromatic rings. The van der Waals surface area contributed by atoms with Crippen LogP contribution in [0.4, 0.5) is 0 Å². The maximum atomic E-state index is 11.3. The Balaban J connectivity index is 2.71. The third-order valence-corrected chi connectivity index (χ3v) is 2.71. The van der Waals surface area contributed by atoms with E-state index in [9.17, 15) is 4.79 Å². The molecule has 4 nitrogen and oxygen atoms in total. The van der Waals surface area contributed by atoms with E-state index in [1.165, 1.54) is 13.2 Å². The van der Waals surface area contributed by atoms with E-state index in [2.05, 4.69) is 32.4 Å². The minimum Gasteiger partial charge on any atom is -0.466 e. The highest BCUT2D eigenvalue weighted by molar-refractivity contribution is 5.82. The van der Waals surface area contributed by atoms with Crippen LogP contribution in [0.25, 0.3) is 0 Å². The Bertz CT molecular complexity index is 307. The minimum absolute atomic E-state index is 0.132. The topological polar surface area (TPSA) is 44.8 Å². The molecule has 2 unspecified atom stereocenters. The zero-order chi connectivity index (χ0) is 13.7. The number of esters is 1. The van der Waals surface area contributed by atoms with Crippen LogP contribution in [-0.4, -0.2) is 25.5 Å². The number of ether oxygens (including phenoxy) is 3. The van der Waals surface area contributed by atoms with Gasteiger partial charge in [-0.05, 0) is 18.3 Å². The molecule has 1 aliphatic heterocycles. The second-order valence-electron chi connectivity index (χ2n) is 5.50. The standard InChI is InChI=1S/C14H24O4/c1-9(2)6-11-12(8-13(15)16-5)18-14(17-11)7-10(3)4/h8-11,14H,6-7H2,1-5H3/b12-8-. The second-order valence-corrected chi connectivity index (χ2v) is 5.50. The summed E-state index contributed by atoms with van der Waals surface area (Å²) in [7, 11) is 1.36. The number of rotatable bonds is 5. The van der Waals surface area contributed by atoms with Gasteiger partial charge in [0.1, 0.15) is 11.9 Å². The lowest BCUT2D eigenvalue weighted by atomic mass is 10.0. The van der Waals surface area contributed by atoms with E-state index < -0.39 is 5.97 Å². The van der Waals surface area contributed by atoms with Gasteiger partial charge in [-0.3, -0.25) is 0 Å². The molecule has 18 heavy (non-hydrogen) atoms. The molecule has 1 rings (SSSR count). The SMILES string of the molecule is COC(=O)/C=C1\OC(CC(C)C)OC1CC(C)C. The molecule has 0 aromatic carbocycles. The molecule has 0 aromatic heterocycles. The van der Waals surface area contributed by atoms with Crippen molar-refractivity contribution in [2.75, 3.05) is 7.11 Å². The van der Waals surface area contributed by atoms with Crippen molar-refractivity contribution in [3.63, 3.8) is 0 Å². The van der Waals surface area contributed by atoms with Crippen LogP contribution in [0, 0.1) is 11.8 Å². The average Bonchev–Trinajstić information content (AvgIpc) is 2.58. The zero-order valence-corrected chi connectivity index (χ0v) is 11.9. The molecule has 0 amide bonds. The number of hydrogen-bond donors (Lipinski definition) is 0. The van der Waals surface area contributed by atoms with Crippen molar-refractivity contribution in [3.05, 3.63) is 11.8 Å². The van der Waals surface area contributed by atoms with Gasteiger partial charge in [0.25, 0.3) is 0 Å². The summed E-state index contributed by atoms with van der Waals surface area (Å²) < 4.78 is 16.2. The summed E-state index contributed by atoms with van der Waals surface area (Å²) in [6.07, 6.45) is 2.69. The van der Waals surface area contributed by atoms with Crippen LogP contribution in [0.3, 0.4) is 0 Å². The van der Waals surface area contributed by atoms with Crippen molar-refractivity contribution in [1.29, 1.82) is 0 Å². The average molecular weight is 256 g/mol. The van der Waals surface area contributed by atoms with Crippen LogP contribution in [0.15, 0.2) is 11.8 Å². The van der Waals surface area contributed by atoms with Gasteiger partial charge in [-0.2, -0.15) is 0 Å². The van der Waals surface area contributed by atoms with Gasteiger partial charge in [-0.25, -0.2) is 4.79 Å². The fourth-order valence-electron chi connectivity index (χ4n) is 1.90. The Labute approximate surface area is 109 Å². The molecular weight excluding hydrogens is 232 g/mol. The van der Waals surface area contributed by atoms with Crippen LogP contribution in [0.2, 0.25) is 0 Å². The molecule has 0 radical (unpaired) electrons. The summed E-state index contributed by atoms with van der Waals surface area (Å²) in [5.41, 5.74) is 0. The highest BCUT2D eigenvalue weighted by atomic mass is 16.7. The highest BCUT2D eigenvalue weighted by Crippen LogP contribution is 2.30. The van der Waals surface area contributed by atoms with E-state index >= 15 is 0 Å². The lowest BCUT2D eigenvalue weighted by Gasteiger charge is -2.13. The van der Waals surface area contributed by atoms with Gasteiger partial charge in [0.05, 0.1) is 13.2 Å². The second kappa shape index (κ2) is 6.78. The van der Waals surface area contributed by atoms with E-state index in [-0.39, 0.29) is 12.4 Å². The molecule has 0 bridgehead atoms. The summed E-state index contributed by atoms with van der Waals surface area (Å²) in [4.78, 5) is 11.3. The van der Waals surface area contributed by atoms with Gasteiger partial charge in [0.2, 0.25) is 6.29 Å². The van der Waals surface area contributed by atoms with Crippen LogP contribution >= 0.6 is 0 Å². The van der Waals surface area contributed by atoms with Crippen LogP contribution in [0.5, 0.6) is 0 Å². The first-order chi connectivity index (χ1) is 8.42. The van der Waals surface area contributed by atoms with Crippen molar-refractivity contribution < 1.29 is 19.0 Å². The summed E-state index contributed by atoms with van der Waals surface area (Å²) >= 11 is 0. The van der Waals surface area contributed by atoms with Gasteiger partial charge < -0.3 is 14.2 Å². The molecule has 4 heteroatoms. The van der Waals surface area contributed by atoms with E-state index in [4.69, 9.17) is 9.47 Å². The number of hydrogen-bond acceptors (Lipinski definition) is 4. The monoisotopic (exact) mass is 256 g/mol. The molecular formula is C14H24O4. The molecule has 0 spiro atoms. The molecule has 1 aliphatic rings. The molecule has 0 aliphatic carbocycles. The molecule has 1 heterocycles. The third kappa shape index (κ3) is 4.69. The predicted octanol–water partition coefficient (Wildman–Crippen LogP) is 2.88. The van der Waals surface area contributed by atoms with E-state index in [0.29, 0.717) is 17.6 Å². The van der Waals surface area contributed by atoms with E-state index in [1.807, 2.05) is 0 Å². The van der Waals surface area contributed by atoms with Gasteiger partial charge in [0.15, 0.2) is 0 Å². The normalized spacial score (nSPS) is 25.8. The van der Waals surface area contributed by atoms with Crippen LogP contribution < -0.4 is 0 Å². The van der Waals surface area contributed by atoms with Gasteiger partial charge in [-0.15, -0.1) is 0 Å². The lowest BCUT2D eigenvalue weighted by molar-refractivity contribution is -0.135. The number of methoxy groups -OCH3 is 1. The van der Waals surface area contributed by atoms with Gasteiger partial charge in [0, 0.05) is 6.42 Å². The molecule has 104 valence electrons. The van der Waals surface area contributed by atoms with Crippen LogP contribution in [0.1, 0.15) is 40.5 Å². The Morgan fingerprint density at radius 3 is 2.39 bits per heavy atom. The third-order valence-electron chi connectivity index (χ3n) is 2.71. The largest absolute Gasteiger partial charge is 0.466 e. The first kappa shape index (κ1) is 15.0. The quantitative estimate of drug-likeness (QED) is 0.560. The zero-order valence-electron chi connectivity index (χ0n) is 11.9. The van der Waals surface area contributed by atoms with Crippen molar-refractivity contribution in [2.24, 2.45) is 11.8 Å². The maximum Gasteiger partial charge on any atom is 0.333 e. The minimum atomic E-state index is -0.396. The molecule has 1 fully saturated rings. The van der Waals surface area contributed by atoms with Crippen molar-refractivity contribution >= 4 is 5.97 Å². The first-order valence-electron chi connectivity index (χ1n) is 6.54. The first-order valence-corrected chi connectivity index (χ1v) is 6.54. The van der Waals surface area contributed by atoms with Crippen molar-refractivity contribution in [3.8, 4) is 0 Å². The summed E-state index contributed by atoms with van der Waals surface area (Å²) in [5.74, 6) is 1.18. The summed E-state index contributed by atoms with van der Waals surface area (Å²) in [6.45, 7) is 8.47. The Kier molecular flexibility index (Phi) is 5.66. The summed E-state index contributed by atoms with van der Waals surface area (Å²) in [5, 5.41) is 0. The Morgan fingerprint density at radius 2 is 1.89 bits per heavy atom. The Hall–Kier alpha value is -1.03. The predicted molar refractivity (Wildman–Crippen MR) is 68.8 cm³/mol. The molecule has 1 saturated heterocycles.